The van der Waals surface area contributed by atoms with E-state index in [1.54, 1.807) is 5.56 Å². The van der Waals surface area contributed by atoms with Gasteiger partial charge < -0.3 is 0 Å². The minimum absolute atomic E-state index is 0.448. The van der Waals surface area contributed by atoms with Gasteiger partial charge in [-0.25, -0.2) is 0 Å². The normalized spacial score (nSPS) is 19.1. The number of likely N-dealkylation sites (N-methyl/N-ethyl adjacent to an activating group) is 2. The van der Waals surface area contributed by atoms with Crippen LogP contribution in [-0.2, 0) is 0 Å². The fourth-order valence-electron chi connectivity index (χ4n) is 8.58. The molecule has 6 rings (SSSR count). The van der Waals surface area contributed by atoms with Crippen LogP contribution in [0.3, 0.4) is 0 Å². The van der Waals surface area contributed by atoms with Gasteiger partial charge in [0.15, 0.2) is 0 Å². The van der Waals surface area contributed by atoms with Crippen LogP contribution in [0.15, 0.2) is 127 Å². The lowest BCUT2D eigenvalue weighted by Gasteiger charge is -2.27. The van der Waals surface area contributed by atoms with Gasteiger partial charge in [-0.05, 0) is 65.1 Å². The molecule has 0 spiro atoms. The molecule has 0 radical (unpaired) electrons. The molecular weight excluding hydrogens is 593 g/mol. The Morgan fingerprint density at radius 1 is 0.571 bits per heavy atom. The molecular formula is C47H58N2+2. The van der Waals surface area contributed by atoms with Gasteiger partial charge in [0.25, 0.3) is 0 Å². The summed E-state index contributed by atoms with van der Waals surface area (Å²) in [6.07, 6.45) is 28.5. The van der Waals surface area contributed by atoms with Gasteiger partial charge in [-0.1, -0.05) is 138 Å². The summed E-state index contributed by atoms with van der Waals surface area (Å²) in [6.45, 7) is 4.60. The van der Waals surface area contributed by atoms with E-state index in [1.165, 1.54) is 113 Å². The van der Waals surface area contributed by atoms with Crippen molar-refractivity contribution in [3.63, 3.8) is 0 Å². The van der Waals surface area contributed by atoms with Crippen molar-refractivity contribution < 1.29 is 0 Å². The summed E-state index contributed by atoms with van der Waals surface area (Å²) >= 11 is 0. The second-order valence-electron chi connectivity index (χ2n) is 15.1. The number of quaternary nitrogens is 2. The lowest BCUT2D eigenvalue weighted by molar-refractivity contribution is 0.472. The van der Waals surface area contributed by atoms with Gasteiger partial charge in [0, 0.05) is 23.3 Å². The minimum Gasteiger partial charge on any atom is -0.266 e. The van der Waals surface area contributed by atoms with Gasteiger partial charge in [-0.15, -0.1) is 0 Å². The number of rotatable bonds is 14. The van der Waals surface area contributed by atoms with E-state index >= 15 is 0 Å². The summed E-state index contributed by atoms with van der Waals surface area (Å²) in [5.74, 6) is 0.448. The van der Waals surface area contributed by atoms with Crippen molar-refractivity contribution in [2.75, 3.05) is 28.2 Å². The van der Waals surface area contributed by atoms with E-state index in [0.29, 0.717) is 5.92 Å². The number of allylic oxidation sites excluding steroid dienone is 9. The molecule has 0 fully saturated rings. The first-order valence-corrected chi connectivity index (χ1v) is 19.0. The summed E-state index contributed by atoms with van der Waals surface area (Å²) < 4.78 is 1.61. The summed E-state index contributed by atoms with van der Waals surface area (Å²) in [5.41, 5.74) is 10.3. The minimum atomic E-state index is 0.448. The molecule has 0 amide bonds. The van der Waals surface area contributed by atoms with Gasteiger partial charge in [0.2, 0.25) is 0 Å². The molecule has 2 heteroatoms. The molecule has 2 aliphatic rings. The highest BCUT2D eigenvalue weighted by Gasteiger charge is 2.44. The molecule has 0 saturated carbocycles. The second kappa shape index (κ2) is 15.3. The van der Waals surface area contributed by atoms with E-state index in [-0.39, 0.29) is 0 Å². The Labute approximate surface area is 296 Å². The Kier molecular flexibility index (Phi) is 10.9. The monoisotopic (exact) mass is 650 g/mol. The van der Waals surface area contributed by atoms with Crippen LogP contribution in [0.25, 0.3) is 27.1 Å². The predicted octanol–water partition coefficient (Wildman–Crippen LogP) is 13.1. The van der Waals surface area contributed by atoms with E-state index in [0.717, 1.165) is 15.4 Å². The van der Waals surface area contributed by atoms with Gasteiger partial charge in [-0.3, -0.25) is 8.97 Å². The van der Waals surface area contributed by atoms with Crippen LogP contribution in [0, 0.1) is 0 Å². The maximum absolute atomic E-state index is 2.41. The Bertz CT molecular complexity index is 1940. The van der Waals surface area contributed by atoms with Crippen LogP contribution >= 0.6 is 0 Å². The zero-order chi connectivity index (χ0) is 34.4. The smallest absolute Gasteiger partial charge is 0.145 e. The molecule has 2 heterocycles. The molecule has 0 N–H and O–H groups in total. The molecule has 1 unspecified atom stereocenters. The fourth-order valence-corrected chi connectivity index (χ4v) is 8.58. The standard InChI is InChI=1S/C47H58N2/c1-7-9-11-16-28-40-42(48(3,4)44-34-32-36-24-20-22-26-38(36)46(40)44)30-18-14-13-15-19-31-43-41(29-17-12-10-8-2)47-39-27-23-21-25-37(39)33-35-45(47)49(43,5)6/h13-15,18-27,30-35,40H,7-12,16-17,28-29H2,1-6H3/q+2. The van der Waals surface area contributed by atoms with E-state index in [2.05, 4.69) is 157 Å². The van der Waals surface area contributed by atoms with Crippen molar-refractivity contribution >= 4 is 38.5 Å². The SMILES string of the molecule is CCCCCCC1=C(C=CC=CC=CC=C2C(CCCCCC)c3c(ccc4ccccc34)[N+]2(C)C)[N+](C)(C)c2ccc3ccccc3c21. The van der Waals surface area contributed by atoms with Crippen LogP contribution < -0.4 is 8.97 Å². The molecule has 0 aromatic heterocycles. The summed E-state index contributed by atoms with van der Waals surface area (Å²) in [7, 11) is 9.44. The van der Waals surface area contributed by atoms with Crippen LogP contribution in [0.5, 0.6) is 0 Å². The van der Waals surface area contributed by atoms with E-state index in [9.17, 15) is 0 Å². The average molecular weight is 651 g/mol. The highest BCUT2D eigenvalue weighted by atomic mass is 15.3. The molecule has 4 aromatic rings. The third kappa shape index (κ3) is 6.91. The van der Waals surface area contributed by atoms with Crippen molar-refractivity contribution in [2.45, 2.75) is 84.0 Å². The molecule has 2 nitrogen and oxygen atoms in total. The number of benzene rings is 4. The Balaban J connectivity index is 1.26. The number of nitrogens with zero attached hydrogens (tertiary/aromatic N) is 2. The van der Waals surface area contributed by atoms with Crippen LogP contribution in [0.4, 0.5) is 11.4 Å². The number of fused-ring (bicyclic) bond motifs is 6. The fraction of sp³-hybridized carbons (Fsp3) is 0.362. The molecule has 2 aliphatic heterocycles. The van der Waals surface area contributed by atoms with E-state index < -0.39 is 0 Å². The zero-order valence-electron chi connectivity index (χ0n) is 31.0. The lowest BCUT2D eigenvalue weighted by atomic mass is 9.88. The van der Waals surface area contributed by atoms with Gasteiger partial charge in [0.05, 0.1) is 39.7 Å². The maximum Gasteiger partial charge on any atom is 0.145 e. The second-order valence-corrected chi connectivity index (χ2v) is 15.1. The summed E-state index contributed by atoms with van der Waals surface area (Å²) in [6, 6.07) is 27.2. The summed E-state index contributed by atoms with van der Waals surface area (Å²) in [4.78, 5) is 0. The number of unbranched alkanes of at least 4 members (excludes halogenated alkanes) is 6. The molecule has 1 atom stereocenters. The van der Waals surface area contributed by atoms with E-state index in [1.807, 2.05) is 0 Å². The van der Waals surface area contributed by atoms with Gasteiger partial charge in [-0.2, -0.15) is 0 Å². The quantitative estimate of drug-likeness (QED) is 0.0724. The molecule has 49 heavy (non-hydrogen) atoms. The van der Waals surface area contributed by atoms with E-state index in [4.69, 9.17) is 0 Å². The van der Waals surface area contributed by atoms with Crippen LogP contribution in [-0.4, -0.2) is 28.2 Å². The van der Waals surface area contributed by atoms with Crippen molar-refractivity contribution in [1.82, 2.24) is 8.97 Å². The van der Waals surface area contributed by atoms with Crippen molar-refractivity contribution in [1.29, 1.82) is 0 Å². The van der Waals surface area contributed by atoms with Crippen LogP contribution in [0.2, 0.25) is 0 Å². The first-order chi connectivity index (χ1) is 23.8. The largest absolute Gasteiger partial charge is 0.266 e. The zero-order valence-corrected chi connectivity index (χ0v) is 31.0. The Morgan fingerprint density at radius 3 is 1.92 bits per heavy atom. The first-order valence-electron chi connectivity index (χ1n) is 19.0. The lowest BCUT2D eigenvalue weighted by Crippen LogP contribution is -2.36. The topological polar surface area (TPSA) is 0 Å². The Morgan fingerprint density at radius 2 is 1.18 bits per heavy atom. The third-order valence-electron chi connectivity index (χ3n) is 11.2. The van der Waals surface area contributed by atoms with Gasteiger partial charge in [0.1, 0.15) is 22.8 Å². The van der Waals surface area contributed by atoms with Gasteiger partial charge >= 0.3 is 0 Å². The number of hydrogen-bond donors (Lipinski definition) is 0. The highest BCUT2D eigenvalue weighted by Crippen LogP contribution is 2.52. The average Bonchev–Trinajstić information content (AvgIpc) is 3.46. The van der Waals surface area contributed by atoms with Crippen LogP contribution in [0.1, 0.15) is 95.1 Å². The molecule has 0 saturated heterocycles. The van der Waals surface area contributed by atoms with Crippen molar-refractivity contribution in [2.24, 2.45) is 0 Å². The van der Waals surface area contributed by atoms with Crippen molar-refractivity contribution in [3.8, 4) is 0 Å². The van der Waals surface area contributed by atoms with Crippen molar-refractivity contribution in [3.05, 3.63) is 138 Å². The third-order valence-corrected chi connectivity index (χ3v) is 11.2. The predicted molar refractivity (Wildman–Crippen MR) is 218 cm³/mol. The first kappa shape index (κ1) is 34.9. The Hall–Kier alpha value is -3.98. The molecule has 0 aliphatic carbocycles. The summed E-state index contributed by atoms with van der Waals surface area (Å²) in [5, 5.41) is 5.50. The highest BCUT2D eigenvalue weighted by molar-refractivity contribution is 6.03. The molecule has 0 bridgehead atoms. The number of hydrogen-bond acceptors (Lipinski definition) is 0. The maximum atomic E-state index is 2.41. The molecule has 4 aromatic carbocycles. The molecule has 254 valence electrons.